The zero-order chi connectivity index (χ0) is 68.2. The Hall–Kier alpha value is -9.95. The molecule has 4 rings (SSSR count). The number of carbonyl (C=O) groups is 12. The number of guanidine groups is 1. The number of aliphatic hydroxyl groups is 3. The first-order valence-corrected chi connectivity index (χ1v) is 29.7. The van der Waals surface area contributed by atoms with Crippen molar-refractivity contribution in [3.63, 3.8) is 0 Å². The molecule has 0 spiro atoms. The van der Waals surface area contributed by atoms with Crippen molar-refractivity contribution in [1.29, 1.82) is 0 Å². The van der Waals surface area contributed by atoms with Crippen LogP contribution in [0.25, 0.3) is 0 Å². The number of hydrogen-bond donors (Lipinski definition) is 18. The van der Waals surface area contributed by atoms with Crippen LogP contribution in [0.5, 0.6) is 11.5 Å². The molecule has 32 heteroatoms. The number of likely N-dealkylation sites (tertiary alicyclic amines) is 1. The largest absolute Gasteiger partial charge is 0.508 e. The molecule has 21 N–H and O–H groups in total. The molecule has 0 radical (unpaired) electrons. The minimum Gasteiger partial charge on any atom is -0.508 e. The first kappa shape index (κ1) is 74.5. The number of nitrogens with two attached hydrogens (primary N) is 3. The smallest absolute Gasteiger partial charge is 0.248 e. The number of aliphatic imine (C=N–C) groups is 1. The van der Waals surface area contributed by atoms with Crippen molar-refractivity contribution in [2.45, 2.75) is 139 Å². The number of carbonyl (C=O) groups excluding carboxylic acids is 12. The van der Waals surface area contributed by atoms with Gasteiger partial charge in [0.2, 0.25) is 70.9 Å². The molecule has 0 aliphatic carbocycles. The van der Waals surface area contributed by atoms with Crippen LogP contribution >= 0.6 is 0 Å². The molecule has 0 unspecified atom stereocenters. The van der Waals surface area contributed by atoms with Gasteiger partial charge >= 0.3 is 0 Å². The summed E-state index contributed by atoms with van der Waals surface area (Å²) in [6.45, 7) is 2.46. The van der Waals surface area contributed by atoms with Gasteiger partial charge in [-0.1, -0.05) is 68.4 Å². The molecular formula is C60H85N15O17. The Balaban J connectivity index is 1.46. The Kier molecular flexibility index (Phi) is 30.2. The molecule has 0 saturated carbocycles. The van der Waals surface area contributed by atoms with Crippen molar-refractivity contribution in [2.75, 3.05) is 39.5 Å². The fourth-order valence-corrected chi connectivity index (χ4v) is 9.59. The molecule has 1 heterocycles. The first-order valence-electron chi connectivity index (χ1n) is 29.7. The SMILES string of the molecule is CC(=O)N[C@@H](CC(C)C)C(=O)N[C@@H](Cc1ccc(O)cc1)C(=O)N[C@@H](CCCN=C(N)N)C(=O)N[C@@H](C)C(=O)N[C@@H](Cc1ccccc1)C(=O)N[C@@H](CO)C(=O)N[C@@H](CO)C(=O)N1CCC[C@H]1C(=O)NCC(=O)N[C@@H](Cc1ccc(O)cc1)C(=O)N[C@@H](CO)C(N)=O. The number of hydrogen-bond acceptors (Lipinski definition) is 18. The summed E-state index contributed by atoms with van der Waals surface area (Å²) < 4.78 is 0. The van der Waals surface area contributed by atoms with Crippen molar-refractivity contribution in [1.82, 2.24) is 58.1 Å². The maximum Gasteiger partial charge on any atom is 0.248 e. The van der Waals surface area contributed by atoms with Crippen LogP contribution in [0.3, 0.4) is 0 Å². The van der Waals surface area contributed by atoms with Crippen molar-refractivity contribution in [2.24, 2.45) is 28.1 Å². The van der Waals surface area contributed by atoms with E-state index in [1.807, 2.05) is 13.8 Å². The number of amides is 12. The second-order valence-corrected chi connectivity index (χ2v) is 22.3. The molecule has 1 aliphatic rings. The van der Waals surface area contributed by atoms with Gasteiger partial charge in [0.1, 0.15) is 71.9 Å². The second-order valence-electron chi connectivity index (χ2n) is 22.3. The highest BCUT2D eigenvalue weighted by Gasteiger charge is 2.40. The van der Waals surface area contributed by atoms with E-state index in [2.05, 4.69) is 58.2 Å². The van der Waals surface area contributed by atoms with E-state index in [1.165, 1.54) is 62.4 Å². The van der Waals surface area contributed by atoms with Gasteiger partial charge in [0.25, 0.3) is 0 Å². The third-order valence-electron chi connectivity index (χ3n) is 14.4. The second kappa shape index (κ2) is 37.3. The summed E-state index contributed by atoms with van der Waals surface area (Å²) in [5, 5.41) is 74.7. The highest BCUT2D eigenvalue weighted by atomic mass is 16.3. The number of aromatic hydroxyl groups is 2. The summed E-state index contributed by atoms with van der Waals surface area (Å²) in [6, 6.07) is 5.18. The standard InChI is InChI=1S/C60H85N15O17/c1-32(2)24-41(67-34(4)79)53(86)71-44(27-37-16-20-39(81)21-17-37)55(88)69-40(12-8-22-64-60(62)63)52(85)66-33(3)51(84)70-43(25-35-10-6-5-7-11-35)56(89)73-46(30-77)57(90)74-47(31-78)59(92)75-23-9-13-48(75)58(91)65-28-49(82)68-42(26-36-14-18-38(80)19-15-36)54(87)72-45(29-76)50(61)83/h5-7,10-11,14-21,32-33,40-48,76-78,80-81H,8-9,12-13,22-31H2,1-4H3,(H2,61,83)(H,65,91)(H,66,85)(H,67,79)(H,68,82)(H,69,88)(H,70,84)(H,71,86)(H,72,87)(H,73,89)(H,74,90)(H4,62,63,64)/t33-,40-,41-,42-,43-,44-,45-,46-,47-,48-/m0/s1. The van der Waals surface area contributed by atoms with Crippen LogP contribution in [0, 0.1) is 5.92 Å². The monoisotopic (exact) mass is 1290 g/mol. The molecule has 1 fully saturated rings. The normalized spacial score (nSPS) is 15.6. The van der Waals surface area contributed by atoms with Gasteiger partial charge in [0.15, 0.2) is 5.96 Å². The van der Waals surface area contributed by atoms with Gasteiger partial charge in [-0.2, -0.15) is 0 Å². The quantitative estimate of drug-likeness (QED) is 0.0146. The van der Waals surface area contributed by atoms with Gasteiger partial charge < -0.3 is 101 Å². The lowest BCUT2D eigenvalue weighted by atomic mass is 10.0. The average molecular weight is 1290 g/mol. The summed E-state index contributed by atoms with van der Waals surface area (Å²) in [4.78, 5) is 167. The number of primary amides is 1. The Morgan fingerprint density at radius 2 is 0.978 bits per heavy atom. The molecule has 0 bridgehead atoms. The van der Waals surface area contributed by atoms with Crippen molar-refractivity contribution >= 4 is 76.8 Å². The van der Waals surface area contributed by atoms with Crippen LogP contribution in [-0.2, 0) is 76.8 Å². The molecule has 1 aliphatic heterocycles. The summed E-state index contributed by atoms with van der Waals surface area (Å²) in [5.41, 5.74) is 17.7. The molecule has 92 heavy (non-hydrogen) atoms. The van der Waals surface area contributed by atoms with E-state index in [-0.39, 0.29) is 87.8 Å². The van der Waals surface area contributed by atoms with Crippen molar-refractivity contribution in [3.8, 4) is 11.5 Å². The van der Waals surface area contributed by atoms with Crippen molar-refractivity contribution < 1.29 is 83.1 Å². The van der Waals surface area contributed by atoms with Crippen LogP contribution in [0.1, 0.15) is 76.5 Å². The minimum atomic E-state index is -1.82. The Morgan fingerprint density at radius 3 is 1.48 bits per heavy atom. The molecule has 10 atom stereocenters. The maximum absolute atomic E-state index is 14.3. The van der Waals surface area contributed by atoms with Crippen LogP contribution in [0.4, 0.5) is 0 Å². The summed E-state index contributed by atoms with van der Waals surface area (Å²) in [5.74, 6) is -11.2. The fourth-order valence-electron chi connectivity index (χ4n) is 9.59. The molecule has 32 nitrogen and oxygen atoms in total. The minimum absolute atomic E-state index is 0.0107. The Morgan fingerprint density at radius 1 is 0.533 bits per heavy atom. The van der Waals surface area contributed by atoms with E-state index in [0.717, 1.165) is 4.90 Å². The topological polar surface area (TPSA) is 520 Å². The van der Waals surface area contributed by atoms with Gasteiger partial charge in [-0.3, -0.25) is 62.5 Å². The number of phenolic OH excluding ortho intramolecular Hbond substituents is 2. The lowest BCUT2D eigenvalue weighted by molar-refractivity contribution is -0.143. The van der Waals surface area contributed by atoms with Gasteiger partial charge in [-0.25, -0.2) is 0 Å². The number of phenols is 2. The van der Waals surface area contributed by atoms with E-state index in [9.17, 15) is 83.1 Å². The average Bonchev–Trinajstić information content (AvgIpc) is 1.69. The van der Waals surface area contributed by atoms with E-state index in [1.54, 1.807) is 30.3 Å². The van der Waals surface area contributed by atoms with Crippen LogP contribution in [0.2, 0.25) is 0 Å². The molecule has 502 valence electrons. The predicted molar refractivity (Wildman–Crippen MR) is 330 cm³/mol. The van der Waals surface area contributed by atoms with E-state index in [0.29, 0.717) is 16.7 Å². The molecule has 3 aromatic rings. The highest BCUT2D eigenvalue weighted by Crippen LogP contribution is 2.20. The Bertz CT molecular complexity index is 3060. The van der Waals surface area contributed by atoms with Gasteiger partial charge in [-0.15, -0.1) is 0 Å². The molecule has 1 saturated heterocycles. The van der Waals surface area contributed by atoms with E-state index in [4.69, 9.17) is 17.2 Å². The molecular weight excluding hydrogens is 1200 g/mol. The third kappa shape index (κ3) is 24.8. The number of nitrogens with zero attached hydrogens (tertiary/aromatic N) is 2. The lowest BCUT2D eigenvalue weighted by Crippen LogP contribution is -2.61. The van der Waals surface area contributed by atoms with Crippen LogP contribution < -0.4 is 70.4 Å². The molecule has 3 aromatic carbocycles. The number of benzene rings is 3. The maximum atomic E-state index is 14.3. The van der Waals surface area contributed by atoms with Gasteiger partial charge in [-0.05, 0) is 85.9 Å². The van der Waals surface area contributed by atoms with Crippen LogP contribution in [0.15, 0.2) is 83.9 Å². The zero-order valence-electron chi connectivity index (χ0n) is 51.5. The van der Waals surface area contributed by atoms with Crippen LogP contribution in [-0.4, -0.2) is 207 Å². The fraction of sp³-hybridized carbons (Fsp3) is 0.483. The third-order valence-corrected chi connectivity index (χ3v) is 14.4. The number of aliphatic hydroxyl groups excluding tert-OH is 3. The predicted octanol–water partition coefficient (Wildman–Crippen LogP) is -5.80. The summed E-state index contributed by atoms with van der Waals surface area (Å²) in [7, 11) is 0. The van der Waals surface area contributed by atoms with Gasteiger partial charge in [0.05, 0.1) is 26.4 Å². The number of rotatable bonds is 36. The first-order chi connectivity index (χ1) is 43.6. The molecule has 12 amide bonds. The van der Waals surface area contributed by atoms with Crippen molar-refractivity contribution in [3.05, 3.63) is 95.6 Å². The van der Waals surface area contributed by atoms with Gasteiger partial charge in [0, 0.05) is 39.3 Å². The van der Waals surface area contributed by atoms with E-state index < -0.39 is 158 Å². The summed E-state index contributed by atoms with van der Waals surface area (Å²) >= 11 is 0. The Labute approximate surface area is 530 Å². The molecule has 0 aromatic heterocycles. The number of nitrogens with one attached hydrogen (secondary N) is 10. The summed E-state index contributed by atoms with van der Waals surface area (Å²) in [6.07, 6.45) is 0.0224. The zero-order valence-corrected chi connectivity index (χ0v) is 51.5. The highest BCUT2D eigenvalue weighted by molar-refractivity contribution is 5.99. The van der Waals surface area contributed by atoms with E-state index >= 15 is 0 Å². The lowest BCUT2D eigenvalue weighted by Gasteiger charge is -2.29.